The van der Waals surface area contributed by atoms with Crippen molar-refractivity contribution in [2.24, 2.45) is 11.3 Å². The van der Waals surface area contributed by atoms with Crippen molar-refractivity contribution < 1.29 is 4.79 Å². The van der Waals surface area contributed by atoms with E-state index < -0.39 is 0 Å². The third-order valence-electron chi connectivity index (χ3n) is 5.37. The van der Waals surface area contributed by atoms with Gasteiger partial charge in [-0.3, -0.25) is 4.79 Å². The maximum absolute atomic E-state index is 12.7. The van der Waals surface area contributed by atoms with E-state index in [-0.39, 0.29) is 12.0 Å². The first-order chi connectivity index (χ1) is 10.0. The molecule has 0 bridgehead atoms. The van der Waals surface area contributed by atoms with Crippen LogP contribution in [0.4, 0.5) is 0 Å². The van der Waals surface area contributed by atoms with E-state index >= 15 is 0 Å². The van der Waals surface area contributed by atoms with Crippen LogP contribution in [0.3, 0.4) is 0 Å². The van der Waals surface area contributed by atoms with Crippen LogP contribution in [0, 0.1) is 11.3 Å². The van der Waals surface area contributed by atoms with Crippen molar-refractivity contribution in [2.75, 3.05) is 20.1 Å². The minimum absolute atomic E-state index is 0.0918. The molecule has 1 saturated heterocycles. The fraction of sp³-hybridized carbons (Fsp3) is 0.588. The largest absolute Gasteiger partial charge is 0.339 e. The molecule has 1 amide bonds. The minimum atomic E-state index is 0.0918. The van der Waals surface area contributed by atoms with Crippen molar-refractivity contribution in [3.05, 3.63) is 34.9 Å². The van der Waals surface area contributed by atoms with E-state index in [1.807, 2.05) is 36.2 Å². The number of amides is 1. The molecule has 2 atom stereocenters. The van der Waals surface area contributed by atoms with Gasteiger partial charge in [0.15, 0.2) is 0 Å². The van der Waals surface area contributed by atoms with Gasteiger partial charge in [0.05, 0.1) is 6.04 Å². The predicted octanol–water partition coefficient (Wildman–Crippen LogP) is 3.25. The minimum Gasteiger partial charge on any atom is -0.339 e. The summed E-state index contributed by atoms with van der Waals surface area (Å²) in [5.74, 6) is 0.540. The van der Waals surface area contributed by atoms with E-state index in [0.29, 0.717) is 11.3 Å². The lowest BCUT2D eigenvalue weighted by molar-refractivity contribution is -0.134. The Morgan fingerprint density at radius 2 is 1.95 bits per heavy atom. The summed E-state index contributed by atoms with van der Waals surface area (Å²) in [5.41, 5.74) is 1.44. The Labute approximate surface area is 131 Å². The highest BCUT2D eigenvalue weighted by atomic mass is 35.5. The van der Waals surface area contributed by atoms with Crippen LogP contribution >= 0.6 is 11.6 Å². The molecule has 1 heterocycles. The van der Waals surface area contributed by atoms with Gasteiger partial charge in [0.25, 0.3) is 0 Å². The van der Waals surface area contributed by atoms with Gasteiger partial charge < -0.3 is 10.2 Å². The summed E-state index contributed by atoms with van der Waals surface area (Å²) < 4.78 is 0. The summed E-state index contributed by atoms with van der Waals surface area (Å²) in [7, 11) is 1.93. The zero-order valence-corrected chi connectivity index (χ0v) is 13.5. The van der Waals surface area contributed by atoms with Gasteiger partial charge in [0.1, 0.15) is 0 Å². The number of nitrogens with zero attached hydrogens (tertiary/aromatic N) is 1. The van der Waals surface area contributed by atoms with Crippen LogP contribution in [0.1, 0.15) is 37.8 Å². The molecule has 2 aliphatic rings. The van der Waals surface area contributed by atoms with Crippen LogP contribution in [-0.4, -0.2) is 30.9 Å². The molecule has 2 fully saturated rings. The summed E-state index contributed by atoms with van der Waals surface area (Å²) >= 11 is 5.93. The van der Waals surface area contributed by atoms with Crippen LogP contribution in [0.15, 0.2) is 24.3 Å². The lowest BCUT2D eigenvalue weighted by Crippen LogP contribution is -2.35. The average molecular weight is 307 g/mol. The Kier molecular flexibility index (Phi) is 3.98. The lowest BCUT2D eigenvalue weighted by atomic mass is 9.91. The first-order valence-corrected chi connectivity index (χ1v) is 8.14. The van der Waals surface area contributed by atoms with Crippen LogP contribution in [-0.2, 0) is 4.79 Å². The molecule has 1 spiro atoms. The molecule has 1 aromatic rings. The second-order valence-corrected chi connectivity index (χ2v) is 6.98. The van der Waals surface area contributed by atoms with E-state index in [4.69, 9.17) is 11.6 Å². The number of halogens is 1. The summed E-state index contributed by atoms with van der Waals surface area (Å²) in [6.07, 6.45) is 3.37. The molecule has 1 aliphatic heterocycles. The molecule has 114 valence electrons. The maximum Gasteiger partial charge on any atom is 0.226 e. The highest BCUT2D eigenvalue weighted by Crippen LogP contribution is 2.59. The first-order valence-electron chi connectivity index (χ1n) is 7.76. The number of piperidine rings is 1. The van der Waals surface area contributed by atoms with Crippen molar-refractivity contribution in [3.63, 3.8) is 0 Å². The molecule has 1 aliphatic carbocycles. The van der Waals surface area contributed by atoms with Crippen molar-refractivity contribution in [1.82, 2.24) is 10.2 Å². The molecule has 3 nitrogen and oxygen atoms in total. The van der Waals surface area contributed by atoms with Crippen molar-refractivity contribution in [1.29, 1.82) is 0 Å². The highest BCUT2D eigenvalue weighted by Gasteiger charge is 2.58. The standard InChI is InChI=1S/C17H23ClN2O/c1-12(13-3-5-14(18)6-4-13)20(2)16(21)15-11-17(15)7-9-19-10-8-17/h3-6,12,15,19H,7-11H2,1-2H3. The van der Waals surface area contributed by atoms with Gasteiger partial charge in [-0.2, -0.15) is 0 Å². The van der Waals surface area contributed by atoms with E-state index in [2.05, 4.69) is 12.2 Å². The second-order valence-electron chi connectivity index (χ2n) is 6.55. The summed E-state index contributed by atoms with van der Waals surface area (Å²) in [4.78, 5) is 14.6. The normalized spacial score (nSPS) is 24.6. The van der Waals surface area contributed by atoms with Crippen LogP contribution in [0.25, 0.3) is 0 Å². The molecule has 21 heavy (non-hydrogen) atoms. The lowest BCUT2D eigenvalue weighted by Gasteiger charge is -2.28. The van der Waals surface area contributed by atoms with Gasteiger partial charge in [0, 0.05) is 18.0 Å². The third-order valence-corrected chi connectivity index (χ3v) is 5.62. The van der Waals surface area contributed by atoms with E-state index in [1.165, 1.54) is 0 Å². The average Bonchev–Trinajstić information content (AvgIpc) is 3.19. The van der Waals surface area contributed by atoms with Gasteiger partial charge in [-0.25, -0.2) is 0 Å². The number of hydrogen-bond donors (Lipinski definition) is 1. The Bertz CT molecular complexity index is 522. The Balaban J connectivity index is 1.66. The molecule has 1 aromatic carbocycles. The Morgan fingerprint density at radius 3 is 2.57 bits per heavy atom. The monoisotopic (exact) mass is 306 g/mol. The van der Waals surface area contributed by atoms with Crippen molar-refractivity contribution in [2.45, 2.75) is 32.2 Å². The molecule has 0 aromatic heterocycles. The predicted molar refractivity (Wildman–Crippen MR) is 85.3 cm³/mol. The third kappa shape index (κ3) is 2.82. The Hall–Kier alpha value is -1.06. The first kappa shape index (κ1) is 14.9. The molecule has 0 radical (unpaired) electrons. The quantitative estimate of drug-likeness (QED) is 0.929. The van der Waals surface area contributed by atoms with Crippen molar-refractivity contribution >= 4 is 17.5 Å². The van der Waals surface area contributed by atoms with Gasteiger partial charge in [-0.05, 0) is 62.4 Å². The molecule has 4 heteroatoms. The van der Waals surface area contributed by atoms with E-state index in [9.17, 15) is 4.79 Å². The van der Waals surface area contributed by atoms with E-state index in [0.717, 1.165) is 42.9 Å². The number of rotatable bonds is 3. The van der Waals surface area contributed by atoms with Crippen molar-refractivity contribution in [3.8, 4) is 0 Å². The van der Waals surface area contributed by atoms with Gasteiger partial charge >= 0.3 is 0 Å². The molecule has 2 unspecified atom stereocenters. The molecule has 1 saturated carbocycles. The maximum atomic E-state index is 12.7. The van der Waals surface area contributed by atoms with E-state index in [1.54, 1.807) is 0 Å². The molecule has 1 N–H and O–H groups in total. The molecular formula is C17H23ClN2O. The summed E-state index contributed by atoms with van der Waals surface area (Å²) in [5, 5.41) is 4.12. The number of carbonyl (C=O) groups is 1. The van der Waals surface area contributed by atoms with Gasteiger partial charge in [-0.15, -0.1) is 0 Å². The second kappa shape index (κ2) is 5.62. The topological polar surface area (TPSA) is 32.3 Å². The van der Waals surface area contributed by atoms with Gasteiger partial charge in [-0.1, -0.05) is 23.7 Å². The van der Waals surface area contributed by atoms with Crippen LogP contribution < -0.4 is 5.32 Å². The fourth-order valence-corrected chi connectivity index (χ4v) is 3.70. The summed E-state index contributed by atoms with van der Waals surface area (Å²) in [6, 6.07) is 7.87. The highest BCUT2D eigenvalue weighted by molar-refractivity contribution is 6.30. The summed E-state index contributed by atoms with van der Waals surface area (Å²) in [6.45, 7) is 4.19. The SMILES string of the molecule is CC(c1ccc(Cl)cc1)N(C)C(=O)C1CC12CCNCC2. The van der Waals surface area contributed by atoms with Gasteiger partial charge in [0.2, 0.25) is 5.91 Å². The fourth-order valence-electron chi connectivity index (χ4n) is 3.58. The number of benzene rings is 1. The number of hydrogen-bond acceptors (Lipinski definition) is 2. The van der Waals surface area contributed by atoms with Crippen LogP contribution in [0.5, 0.6) is 0 Å². The van der Waals surface area contributed by atoms with Crippen LogP contribution in [0.2, 0.25) is 5.02 Å². The zero-order valence-electron chi connectivity index (χ0n) is 12.7. The molecular weight excluding hydrogens is 284 g/mol. The number of nitrogens with one attached hydrogen (secondary N) is 1. The Morgan fingerprint density at radius 1 is 1.33 bits per heavy atom. The molecule has 3 rings (SSSR count). The zero-order chi connectivity index (χ0) is 15.0. The number of carbonyl (C=O) groups excluding carboxylic acids is 1. The smallest absolute Gasteiger partial charge is 0.226 e.